The molecule has 3 N–H and O–H groups in total. The average molecular weight is 985 g/mol. The second-order valence-electron chi connectivity index (χ2n) is 21.4. The monoisotopic (exact) mass is 984 g/mol. The number of aliphatic hydroxyl groups is 2. The van der Waals surface area contributed by atoms with Crippen molar-refractivity contribution in [1.82, 2.24) is 5.32 Å². The first-order valence-corrected chi connectivity index (χ1v) is 31.3. The van der Waals surface area contributed by atoms with E-state index in [-0.39, 0.29) is 18.5 Å². The Labute approximate surface area is 436 Å². The van der Waals surface area contributed by atoms with Crippen molar-refractivity contribution >= 4 is 11.9 Å². The highest BCUT2D eigenvalue weighted by molar-refractivity contribution is 5.76. The molecule has 0 fully saturated rings. The van der Waals surface area contributed by atoms with Crippen molar-refractivity contribution in [3.63, 3.8) is 0 Å². The highest BCUT2D eigenvalue weighted by atomic mass is 16.5. The molecule has 0 saturated heterocycles. The number of carbonyl (C=O) groups excluding carboxylic acids is 2. The first-order chi connectivity index (χ1) is 34.5. The van der Waals surface area contributed by atoms with Gasteiger partial charge in [0, 0.05) is 12.8 Å². The van der Waals surface area contributed by atoms with Crippen LogP contribution in [-0.4, -0.2) is 47.4 Å². The number of rotatable bonds is 58. The lowest BCUT2D eigenvalue weighted by molar-refractivity contribution is -0.143. The van der Waals surface area contributed by atoms with E-state index in [2.05, 4.69) is 43.5 Å². The third kappa shape index (κ3) is 55.4. The van der Waals surface area contributed by atoms with Crippen molar-refractivity contribution in [2.45, 2.75) is 347 Å². The van der Waals surface area contributed by atoms with Crippen LogP contribution >= 0.6 is 0 Å². The fraction of sp³-hybridized carbons (Fsp3) is 0.875. The fourth-order valence-corrected chi connectivity index (χ4v) is 9.63. The van der Waals surface area contributed by atoms with Gasteiger partial charge in [-0.2, -0.15) is 0 Å². The maximum absolute atomic E-state index is 12.5. The molecule has 70 heavy (non-hydrogen) atoms. The second-order valence-corrected chi connectivity index (χ2v) is 21.4. The lowest BCUT2D eigenvalue weighted by Crippen LogP contribution is -2.45. The van der Waals surface area contributed by atoms with Gasteiger partial charge in [0.1, 0.15) is 0 Å². The van der Waals surface area contributed by atoms with Crippen molar-refractivity contribution in [3.05, 3.63) is 36.5 Å². The Bertz CT molecular complexity index is 1130. The van der Waals surface area contributed by atoms with Gasteiger partial charge in [-0.3, -0.25) is 9.59 Å². The molecule has 0 aromatic rings. The molecule has 0 aliphatic carbocycles. The minimum Gasteiger partial charge on any atom is -0.466 e. The number of allylic oxidation sites excluding steroid dienone is 5. The Morgan fingerprint density at radius 1 is 0.400 bits per heavy atom. The molecule has 2 atom stereocenters. The summed E-state index contributed by atoms with van der Waals surface area (Å²) < 4.78 is 5.47. The molecule has 0 saturated carbocycles. The lowest BCUT2D eigenvalue weighted by Gasteiger charge is -2.20. The molecular weight excluding hydrogens is 863 g/mol. The molecule has 0 aromatic heterocycles. The molecular formula is C64H121NO5. The summed E-state index contributed by atoms with van der Waals surface area (Å²) in [6.45, 7) is 4.87. The maximum Gasteiger partial charge on any atom is 0.305 e. The van der Waals surface area contributed by atoms with Gasteiger partial charge < -0.3 is 20.3 Å². The molecule has 0 aromatic carbocycles. The Morgan fingerprint density at radius 3 is 1.06 bits per heavy atom. The minimum absolute atomic E-state index is 0.0178. The number of ether oxygens (including phenoxy) is 1. The van der Waals surface area contributed by atoms with Crippen LogP contribution in [0, 0.1) is 0 Å². The summed E-state index contributed by atoms with van der Waals surface area (Å²) in [5, 5.41) is 23.2. The molecule has 0 aliphatic rings. The molecule has 2 unspecified atom stereocenters. The number of esters is 1. The second kappa shape index (κ2) is 59.6. The van der Waals surface area contributed by atoms with Crippen molar-refractivity contribution in [2.75, 3.05) is 13.2 Å². The van der Waals surface area contributed by atoms with E-state index < -0.39 is 12.1 Å². The van der Waals surface area contributed by atoms with Crippen LogP contribution in [0.5, 0.6) is 0 Å². The van der Waals surface area contributed by atoms with E-state index in [1.807, 2.05) is 6.08 Å². The van der Waals surface area contributed by atoms with Crippen LogP contribution in [-0.2, 0) is 14.3 Å². The largest absolute Gasteiger partial charge is 0.466 e. The zero-order valence-corrected chi connectivity index (χ0v) is 47.0. The number of carbonyl (C=O) groups is 2. The van der Waals surface area contributed by atoms with Crippen LogP contribution in [0.3, 0.4) is 0 Å². The van der Waals surface area contributed by atoms with Gasteiger partial charge in [-0.25, -0.2) is 0 Å². The van der Waals surface area contributed by atoms with E-state index in [1.54, 1.807) is 6.08 Å². The van der Waals surface area contributed by atoms with Gasteiger partial charge in [-0.05, 0) is 64.2 Å². The van der Waals surface area contributed by atoms with Gasteiger partial charge in [0.15, 0.2) is 0 Å². The van der Waals surface area contributed by atoms with Crippen LogP contribution in [0.15, 0.2) is 36.5 Å². The van der Waals surface area contributed by atoms with Gasteiger partial charge in [0.2, 0.25) is 5.91 Å². The standard InChI is InChI=1S/C64H121NO5/c1-3-5-7-9-11-13-15-17-19-21-23-25-28-32-36-40-44-48-52-56-62(67)61(60-66)65-63(68)57-53-49-45-41-37-33-29-27-31-35-39-43-47-51-55-59-70-64(69)58-54-50-46-42-38-34-30-26-24-22-20-18-16-14-12-10-8-6-4-2/h27,31,35,39,52,56,61-62,66-67H,3-26,28-30,32-34,36-38,40-51,53-55,57-60H2,1-2H3,(H,65,68)/b31-27-,39-35-,56-52+. The average Bonchev–Trinajstić information content (AvgIpc) is 3.36. The molecule has 412 valence electrons. The lowest BCUT2D eigenvalue weighted by atomic mass is 10.0. The zero-order chi connectivity index (χ0) is 50.7. The number of amides is 1. The number of aliphatic hydroxyl groups excluding tert-OH is 2. The Morgan fingerprint density at radius 2 is 0.700 bits per heavy atom. The molecule has 1 amide bonds. The summed E-state index contributed by atoms with van der Waals surface area (Å²) in [7, 11) is 0. The summed E-state index contributed by atoms with van der Waals surface area (Å²) >= 11 is 0. The number of nitrogens with one attached hydrogen (secondary N) is 1. The molecule has 0 heterocycles. The highest BCUT2D eigenvalue weighted by Gasteiger charge is 2.18. The third-order valence-corrected chi connectivity index (χ3v) is 14.4. The van der Waals surface area contributed by atoms with Crippen molar-refractivity contribution in [1.29, 1.82) is 0 Å². The van der Waals surface area contributed by atoms with Gasteiger partial charge in [-0.15, -0.1) is 0 Å². The molecule has 0 spiro atoms. The first kappa shape index (κ1) is 68.1. The summed E-state index contributed by atoms with van der Waals surface area (Å²) in [5.41, 5.74) is 0. The minimum atomic E-state index is -0.860. The van der Waals surface area contributed by atoms with E-state index in [1.165, 1.54) is 231 Å². The zero-order valence-electron chi connectivity index (χ0n) is 47.0. The van der Waals surface area contributed by atoms with Gasteiger partial charge in [0.05, 0.1) is 25.4 Å². The SMILES string of the molecule is CCCCCCCCCCCCCCCCCCC/C=C/C(O)C(CO)NC(=O)CCCCCCCC/C=C\C=C/CCCCCOC(=O)CCCCCCCCCCCCCCCCCCCCC. The van der Waals surface area contributed by atoms with E-state index in [9.17, 15) is 19.8 Å². The number of hydrogen-bond acceptors (Lipinski definition) is 5. The smallest absolute Gasteiger partial charge is 0.305 e. The summed E-state index contributed by atoms with van der Waals surface area (Å²) in [6, 6.07) is -0.645. The number of unbranched alkanes of at least 4 members (excludes halogenated alkanes) is 44. The van der Waals surface area contributed by atoms with Crippen molar-refractivity contribution in [3.8, 4) is 0 Å². The van der Waals surface area contributed by atoms with Crippen molar-refractivity contribution < 1.29 is 24.5 Å². The van der Waals surface area contributed by atoms with Gasteiger partial charge >= 0.3 is 5.97 Å². The van der Waals surface area contributed by atoms with Gasteiger partial charge in [0.25, 0.3) is 0 Å². The molecule has 0 rings (SSSR count). The highest BCUT2D eigenvalue weighted by Crippen LogP contribution is 2.17. The Hall–Kier alpha value is -1.92. The van der Waals surface area contributed by atoms with Crippen molar-refractivity contribution in [2.24, 2.45) is 0 Å². The van der Waals surface area contributed by atoms with E-state index >= 15 is 0 Å². The first-order valence-electron chi connectivity index (χ1n) is 31.3. The molecule has 0 radical (unpaired) electrons. The topological polar surface area (TPSA) is 95.9 Å². The van der Waals surface area contributed by atoms with Crippen LogP contribution in [0.4, 0.5) is 0 Å². The predicted octanol–water partition coefficient (Wildman–Crippen LogP) is 19.6. The van der Waals surface area contributed by atoms with E-state index in [0.717, 1.165) is 77.0 Å². The normalized spacial score (nSPS) is 12.8. The van der Waals surface area contributed by atoms with Crippen LogP contribution in [0.2, 0.25) is 0 Å². The summed E-state index contributed by atoms with van der Waals surface area (Å²) in [6.07, 6.45) is 74.7. The molecule has 6 nitrogen and oxygen atoms in total. The van der Waals surface area contributed by atoms with Crippen LogP contribution in [0.25, 0.3) is 0 Å². The predicted molar refractivity (Wildman–Crippen MR) is 306 cm³/mol. The summed E-state index contributed by atoms with van der Waals surface area (Å²) in [5.74, 6) is -0.106. The van der Waals surface area contributed by atoms with Gasteiger partial charge in [-0.1, -0.05) is 294 Å². The Kier molecular flexibility index (Phi) is 58.0. The maximum atomic E-state index is 12.5. The molecule has 0 aliphatic heterocycles. The van der Waals surface area contributed by atoms with E-state index in [0.29, 0.717) is 19.4 Å². The number of hydrogen-bond donors (Lipinski definition) is 3. The van der Waals surface area contributed by atoms with E-state index in [4.69, 9.17) is 4.74 Å². The molecule has 0 bridgehead atoms. The summed E-state index contributed by atoms with van der Waals surface area (Å²) in [4.78, 5) is 24.6. The van der Waals surface area contributed by atoms with Crippen LogP contribution < -0.4 is 5.32 Å². The van der Waals surface area contributed by atoms with Crippen LogP contribution in [0.1, 0.15) is 335 Å². The third-order valence-electron chi connectivity index (χ3n) is 14.4. The Balaban J connectivity index is 3.51. The molecule has 6 heteroatoms. The quantitative estimate of drug-likeness (QED) is 0.0244. The fourth-order valence-electron chi connectivity index (χ4n) is 9.63.